The normalized spacial score (nSPS) is 14.0. The molecule has 132 valence electrons. The van der Waals surface area contributed by atoms with Crippen molar-refractivity contribution in [2.24, 2.45) is 0 Å². The molecule has 0 heterocycles. The van der Waals surface area contributed by atoms with Gasteiger partial charge in [-0.25, -0.2) is 0 Å². The van der Waals surface area contributed by atoms with E-state index in [0.29, 0.717) is 6.42 Å². The highest BCUT2D eigenvalue weighted by Gasteiger charge is 2.20. The highest BCUT2D eigenvalue weighted by Crippen LogP contribution is 2.16. The fourth-order valence-electron chi connectivity index (χ4n) is 2.77. The summed E-state index contributed by atoms with van der Waals surface area (Å²) in [7, 11) is 0. The van der Waals surface area contributed by atoms with E-state index >= 15 is 0 Å². The topological polar surface area (TPSA) is 60.4 Å². The monoisotopic (exact) mass is 313 g/mol. The summed E-state index contributed by atoms with van der Waals surface area (Å²) >= 11 is 0. The number of carbonyl (C=O) groups is 1. The van der Waals surface area contributed by atoms with E-state index in [-0.39, 0.29) is 0 Å². The van der Waals surface area contributed by atoms with Crippen LogP contribution in [-0.2, 0) is 4.79 Å². The molecule has 22 heavy (non-hydrogen) atoms. The summed E-state index contributed by atoms with van der Waals surface area (Å²) in [4.78, 5) is 10.6. The number of aliphatic hydroxyl groups is 1. The molecule has 0 aliphatic carbocycles. The molecule has 0 rings (SSSR count). The maximum Gasteiger partial charge on any atom is 0.101 e. The Balaban J connectivity index is 3.16. The van der Waals surface area contributed by atoms with E-state index in [1.54, 1.807) is 0 Å². The molecule has 0 spiro atoms. The molecule has 0 fully saturated rings. The van der Waals surface area contributed by atoms with Gasteiger partial charge in [0, 0.05) is 0 Å². The van der Waals surface area contributed by atoms with Crippen LogP contribution >= 0.6 is 0 Å². The molecule has 0 aliphatic rings. The number of carboxylic acid groups (broad SMARTS) is 1. The Labute approximate surface area is 137 Å². The predicted molar refractivity (Wildman–Crippen MR) is 90.6 cm³/mol. The van der Waals surface area contributed by atoms with E-state index in [0.717, 1.165) is 19.3 Å². The van der Waals surface area contributed by atoms with Crippen molar-refractivity contribution in [2.45, 2.75) is 116 Å². The molecular weight excluding hydrogens is 276 g/mol. The van der Waals surface area contributed by atoms with Crippen LogP contribution in [0.2, 0.25) is 0 Å². The maximum absolute atomic E-state index is 10.6. The van der Waals surface area contributed by atoms with Gasteiger partial charge in [0.05, 0.1) is 5.97 Å². The summed E-state index contributed by atoms with van der Waals surface area (Å²) < 4.78 is 0. The van der Waals surface area contributed by atoms with Gasteiger partial charge in [0.2, 0.25) is 0 Å². The summed E-state index contributed by atoms with van der Waals surface area (Å²) in [6, 6.07) is 0. The fourth-order valence-corrected chi connectivity index (χ4v) is 2.77. The Morgan fingerprint density at radius 1 is 0.773 bits per heavy atom. The number of carbonyl (C=O) groups excluding carboxylic acids is 1. The summed E-state index contributed by atoms with van der Waals surface area (Å²) in [5.41, 5.74) is -1.66. The van der Waals surface area contributed by atoms with E-state index in [4.69, 9.17) is 0 Å². The molecule has 0 amide bonds. The van der Waals surface area contributed by atoms with Crippen LogP contribution in [-0.4, -0.2) is 16.7 Å². The van der Waals surface area contributed by atoms with Crippen LogP contribution in [0.1, 0.15) is 110 Å². The standard InChI is InChI=1S/C19H38O3/c1-3-4-5-6-7-8-9-10-11-12-13-14-15-16-17-19(2,22)18(20)21/h22H,3-17H2,1-2H3,(H,20,21)/p-1. The van der Waals surface area contributed by atoms with Gasteiger partial charge in [-0.15, -0.1) is 0 Å². The molecule has 0 saturated heterocycles. The van der Waals surface area contributed by atoms with Crippen molar-refractivity contribution in [3.05, 3.63) is 0 Å². The van der Waals surface area contributed by atoms with Crippen LogP contribution in [0.5, 0.6) is 0 Å². The first kappa shape index (κ1) is 21.4. The van der Waals surface area contributed by atoms with Crippen LogP contribution in [0.15, 0.2) is 0 Å². The lowest BCUT2D eigenvalue weighted by atomic mass is 9.97. The van der Waals surface area contributed by atoms with Crippen molar-refractivity contribution >= 4 is 5.97 Å². The van der Waals surface area contributed by atoms with Crippen LogP contribution in [0.4, 0.5) is 0 Å². The van der Waals surface area contributed by atoms with E-state index in [1.807, 2.05) is 0 Å². The Kier molecular flexibility index (Phi) is 13.7. The van der Waals surface area contributed by atoms with Crippen molar-refractivity contribution in [2.75, 3.05) is 0 Å². The number of aliphatic carboxylic acids is 1. The molecule has 3 nitrogen and oxygen atoms in total. The van der Waals surface area contributed by atoms with E-state index in [2.05, 4.69) is 6.92 Å². The van der Waals surface area contributed by atoms with Gasteiger partial charge in [-0.3, -0.25) is 0 Å². The van der Waals surface area contributed by atoms with Gasteiger partial charge in [0.15, 0.2) is 0 Å². The van der Waals surface area contributed by atoms with Crippen molar-refractivity contribution < 1.29 is 15.0 Å². The zero-order valence-electron chi connectivity index (χ0n) is 14.9. The van der Waals surface area contributed by atoms with E-state index < -0.39 is 11.6 Å². The minimum absolute atomic E-state index is 0.299. The average molecular weight is 314 g/mol. The highest BCUT2D eigenvalue weighted by molar-refractivity contribution is 5.74. The Hall–Kier alpha value is -0.570. The molecule has 0 radical (unpaired) electrons. The smallest absolute Gasteiger partial charge is 0.101 e. The zero-order chi connectivity index (χ0) is 16.7. The lowest BCUT2D eigenvalue weighted by Gasteiger charge is -2.23. The number of carboxylic acids is 1. The number of hydrogen-bond donors (Lipinski definition) is 1. The van der Waals surface area contributed by atoms with Crippen molar-refractivity contribution in [1.29, 1.82) is 0 Å². The summed E-state index contributed by atoms with van der Waals surface area (Å²) in [6.45, 7) is 3.58. The third-order valence-corrected chi connectivity index (χ3v) is 4.46. The predicted octanol–water partition coefficient (Wildman–Crippen LogP) is 4.36. The minimum atomic E-state index is -1.66. The van der Waals surface area contributed by atoms with Gasteiger partial charge in [-0.1, -0.05) is 96.8 Å². The zero-order valence-corrected chi connectivity index (χ0v) is 14.9. The van der Waals surface area contributed by atoms with Crippen LogP contribution in [0.25, 0.3) is 0 Å². The van der Waals surface area contributed by atoms with Crippen molar-refractivity contribution in [3.8, 4) is 0 Å². The molecule has 0 aromatic heterocycles. The van der Waals surface area contributed by atoms with Crippen molar-refractivity contribution in [1.82, 2.24) is 0 Å². The number of hydrogen-bond acceptors (Lipinski definition) is 3. The van der Waals surface area contributed by atoms with Gasteiger partial charge >= 0.3 is 0 Å². The van der Waals surface area contributed by atoms with Gasteiger partial charge in [0.25, 0.3) is 0 Å². The molecular formula is C19H37O3-. The van der Waals surface area contributed by atoms with Crippen LogP contribution in [0.3, 0.4) is 0 Å². The molecule has 3 heteroatoms. The number of unbranched alkanes of at least 4 members (excludes halogenated alkanes) is 13. The third-order valence-electron chi connectivity index (χ3n) is 4.46. The summed E-state index contributed by atoms with van der Waals surface area (Å²) in [5.74, 6) is -1.36. The molecule has 1 unspecified atom stereocenters. The maximum atomic E-state index is 10.6. The van der Waals surface area contributed by atoms with Gasteiger partial charge < -0.3 is 15.0 Å². The lowest BCUT2D eigenvalue weighted by Crippen LogP contribution is -2.45. The minimum Gasteiger partial charge on any atom is -0.547 e. The highest BCUT2D eigenvalue weighted by atomic mass is 16.4. The van der Waals surface area contributed by atoms with E-state index in [1.165, 1.54) is 77.6 Å². The Bertz CT molecular complexity index is 261. The molecule has 0 bridgehead atoms. The van der Waals surface area contributed by atoms with Gasteiger partial charge in [-0.2, -0.15) is 0 Å². The van der Waals surface area contributed by atoms with Crippen molar-refractivity contribution in [3.63, 3.8) is 0 Å². The molecule has 0 aliphatic heterocycles. The molecule has 1 atom stereocenters. The fraction of sp³-hybridized carbons (Fsp3) is 0.947. The first-order chi connectivity index (χ1) is 10.5. The summed E-state index contributed by atoms with van der Waals surface area (Å²) in [5, 5.41) is 20.1. The molecule has 0 saturated carbocycles. The second-order valence-electron chi connectivity index (χ2n) is 6.91. The molecule has 0 aromatic carbocycles. The van der Waals surface area contributed by atoms with Gasteiger partial charge in [0.1, 0.15) is 5.60 Å². The Morgan fingerprint density at radius 3 is 1.41 bits per heavy atom. The second kappa shape index (κ2) is 14.0. The lowest BCUT2D eigenvalue weighted by molar-refractivity contribution is -0.324. The summed E-state index contributed by atoms with van der Waals surface area (Å²) in [6.07, 6.45) is 18.1. The number of rotatable bonds is 16. The third kappa shape index (κ3) is 13.1. The Morgan fingerprint density at radius 2 is 1.09 bits per heavy atom. The van der Waals surface area contributed by atoms with Crippen LogP contribution < -0.4 is 5.11 Å². The van der Waals surface area contributed by atoms with Crippen LogP contribution in [0, 0.1) is 0 Å². The average Bonchev–Trinajstić information content (AvgIpc) is 2.47. The quantitative estimate of drug-likeness (QED) is 0.431. The first-order valence-corrected chi connectivity index (χ1v) is 9.44. The second-order valence-corrected chi connectivity index (χ2v) is 6.91. The largest absolute Gasteiger partial charge is 0.547 e. The molecule has 1 N–H and O–H groups in total. The van der Waals surface area contributed by atoms with Gasteiger partial charge in [-0.05, 0) is 13.3 Å². The van der Waals surface area contributed by atoms with E-state index in [9.17, 15) is 15.0 Å². The first-order valence-electron chi connectivity index (χ1n) is 9.44. The molecule has 0 aromatic rings. The SMILES string of the molecule is CCCCCCCCCCCCCCCCC(C)(O)C(=O)[O-].